The molecule has 1 aliphatic rings. The van der Waals surface area contributed by atoms with Crippen LogP contribution in [0.4, 0.5) is 5.69 Å². The maximum absolute atomic E-state index is 5.85. The molecule has 0 amide bonds. The van der Waals surface area contributed by atoms with Gasteiger partial charge in [0.05, 0.1) is 12.8 Å². The van der Waals surface area contributed by atoms with Crippen LogP contribution in [0.3, 0.4) is 0 Å². The summed E-state index contributed by atoms with van der Waals surface area (Å²) in [4.78, 5) is 0. The molecule has 106 valence electrons. The number of nitrogens with two attached hydrogens (primary N) is 1. The smallest absolute Gasteiger partial charge is 0.171 e. The average molecular weight is 274 g/mol. The minimum atomic E-state index is 0.402. The summed E-state index contributed by atoms with van der Waals surface area (Å²) in [5.74, 6) is 3.28. The molecule has 0 bridgehead atoms. The maximum atomic E-state index is 5.85. The van der Waals surface area contributed by atoms with Crippen molar-refractivity contribution in [3.8, 4) is 11.5 Å². The van der Waals surface area contributed by atoms with Crippen LogP contribution in [0.25, 0.3) is 0 Å². The van der Waals surface area contributed by atoms with Gasteiger partial charge in [-0.3, -0.25) is 0 Å². The number of benzene rings is 1. The molecule has 0 saturated carbocycles. The molecule has 6 heteroatoms. The summed E-state index contributed by atoms with van der Waals surface area (Å²) >= 11 is 0. The maximum Gasteiger partial charge on any atom is 0.171 e. The molecule has 0 fully saturated rings. The quantitative estimate of drug-likeness (QED) is 0.860. The largest absolute Gasteiger partial charge is 0.495 e. The molecule has 20 heavy (non-hydrogen) atoms. The van der Waals surface area contributed by atoms with E-state index in [4.69, 9.17) is 15.2 Å². The van der Waals surface area contributed by atoms with Gasteiger partial charge in [0.2, 0.25) is 0 Å². The Kier molecular flexibility index (Phi) is 3.45. The summed E-state index contributed by atoms with van der Waals surface area (Å²) in [7, 11) is 1.59. The summed E-state index contributed by atoms with van der Waals surface area (Å²) < 4.78 is 13.0. The van der Waals surface area contributed by atoms with E-state index < -0.39 is 0 Å². The number of hydrogen-bond acceptors (Lipinski definition) is 5. The van der Waals surface area contributed by atoms with E-state index in [0.29, 0.717) is 23.8 Å². The second-order valence-corrected chi connectivity index (χ2v) is 4.83. The standard InChI is InChI=1S/C14H18N4O2/c1-19-12-6-5-10(8-11(12)15)20-9-14-17-16-13-4-2-3-7-18(13)14/h5-6,8H,2-4,7,9,15H2,1H3. The first-order chi connectivity index (χ1) is 9.78. The van der Waals surface area contributed by atoms with E-state index >= 15 is 0 Å². The van der Waals surface area contributed by atoms with E-state index in [2.05, 4.69) is 14.8 Å². The van der Waals surface area contributed by atoms with Gasteiger partial charge in [-0.1, -0.05) is 0 Å². The van der Waals surface area contributed by atoms with E-state index in [0.717, 1.165) is 24.6 Å². The molecule has 6 nitrogen and oxygen atoms in total. The number of nitrogen functional groups attached to an aromatic ring is 1. The zero-order valence-electron chi connectivity index (χ0n) is 11.5. The monoisotopic (exact) mass is 274 g/mol. The zero-order valence-corrected chi connectivity index (χ0v) is 11.5. The molecule has 0 spiro atoms. The van der Waals surface area contributed by atoms with Gasteiger partial charge in [-0.25, -0.2) is 0 Å². The fourth-order valence-corrected chi connectivity index (χ4v) is 2.43. The highest BCUT2D eigenvalue weighted by molar-refractivity contribution is 5.56. The molecule has 2 heterocycles. The molecule has 1 aromatic heterocycles. The van der Waals surface area contributed by atoms with E-state index in [1.807, 2.05) is 6.07 Å². The molecule has 2 N–H and O–H groups in total. The summed E-state index contributed by atoms with van der Waals surface area (Å²) in [6, 6.07) is 5.39. The van der Waals surface area contributed by atoms with Crippen molar-refractivity contribution in [2.24, 2.45) is 0 Å². The highest BCUT2D eigenvalue weighted by atomic mass is 16.5. The molecule has 0 atom stereocenters. The number of methoxy groups -OCH3 is 1. The lowest BCUT2D eigenvalue weighted by Crippen LogP contribution is -2.14. The van der Waals surface area contributed by atoms with Crippen LogP contribution in [0.15, 0.2) is 18.2 Å². The third-order valence-corrected chi connectivity index (χ3v) is 3.51. The Morgan fingerprint density at radius 1 is 1.30 bits per heavy atom. The van der Waals surface area contributed by atoms with E-state index in [1.54, 1.807) is 19.2 Å². The SMILES string of the molecule is COc1ccc(OCc2nnc3n2CCCC3)cc1N. The zero-order chi connectivity index (χ0) is 13.9. The van der Waals surface area contributed by atoms with Crippen LogP contribution in [0.1, 0.15) is 24.5 Å². The number of hydrogen-bond donors (Lipinski definition) is 1. The van der Waals surface area contributed by atoms with Crippen LogP contribution in [-0.4, -0.2) is 21.9 Å². The lowest BCUT2D eigenvalue weighted by atomic mass is 10.2. The van der Waals surface area contributed by atoms with Crippen molar-refractivity contribution in [1.29, 1.82) is 0 Å². The Morgan fingerprint density at radius 3 is 3.00 bits per heavy atom. The fourth-order valence-electron chi connectivity index (χ4n) is 2.43. The molecule has 1 aromatic carbocycles. The fraction of sp³-hybridized carbons (Fsp3) is 0.429. The first-order valence-electron chi connectivity index (χ1n) is 6.75. The number of anilines is 1. The van der Waals surface area contributed by atoms with Crippen LogP contribution in [0, 0.1) is 0 Å². The van der Waals surface area contributed by atoms with E-state index in [9.17, 15) is 0 Å². The highest BCUT2D eigenvalue weighted by Gasteiger charge is 2.15. The van der Waals surface area contributed by atoms with E-state index in [-0.39, 0.29) is 0 Å². The van der Waals surface area contributed by atoms with Crippen LogP contribution < -0.4 is 15.2 Å². The van der Waals surface area contributed by atoms with Crippen molar-refractivity contribution in [3.63, 3.8) is 0 Å². The van der Waals surface area contributed by atoms with Gasteiger partial charge in [0, 0.05) is 19.0 Å². The van der Waals surface area contributed by atoms with Crippen LogP contribution in [-0.2, 0) is 19.6 Å². The number of ether oxygens (including phenoxy) is 2. The van der Waals surface area contributed by atoms with Crippen molar-refractivity contribution in [3.05, 3.63) is 29.8 Å². The molecule has 3 rings (SSSR count). The van der Waals surface area contributed by atoms with Gasteiger partial charge < -0.3 is 19.8 Å². The third-order valence-electron chi connectivity index (χ3n) is 3.51. The lowest BCUT2D eigenvalue weighted by Gasteiger charge is -2.15. The second kappa shape index (κ2) is 5.40. The minimum Gasteiger partial charge on any atom is -0.495 e. The van der Waals surface area contributed by atoms with Crippen molar-refractivity contribution in [2.45, 2.75) is 32.4 Å². The normalized spacial score (nSPS) is 13.8. The van der Waals surface area contributed by atoms with Crippen molar-refractivity contribution in [1.82, 2.24) is 14.8 Å². The van der Waals surface area contributed by atoms with Gasteiger partial charge in [-0.05, 0) is 25.0 Å². The Hall–Kier alpha value is -2.24. The first-order valence-corrected chi connectivity index (χ1v) is 6.75. The Labute approximate surface area is 117 Å². The van der Waals surface area contributed by atoms with Gasteiger partial charge >= 0.3 is 0 Å². The van der Waals surface area contributed by atoms with Crippen LogP contribution in [0.2, 0.25) is 0 Å². The van der Waals surface area contributed by atoms with Gasteiger partial charge in [-0.2, -0.15) is 0 Å². The number of nitrogens with zero attached hydrogens (tertiary/aromatic N) is 3. The predicted octanol–water partition coefficient (Wildman–Crippen LogP) is 1.78. The van der Waals surface area contributed by atoms with E-state index in [1.165, 1.54) is 12.8 Å². The molecular formula is C14H18N4O2. The number of rotatable bonds is 4. The molecule has 0 radical (unpaired) electrons. The molecule has 1 aliphatic heterocycles. The molecule has 0 saturated heterocycles. The summed E-state index contributed by atoms with van der Waals surface area (Å²) in [6.07, 6.45) is 3.37. The number of fused-ring (bicyclic) bond motifs is 1. The minimum absolute atomic E-state index is 0.402. The Balaban J connectivity index is 1.70. The predicted molar refractivity (Wildman–Crippen MR) is 74.7 cm³/mol. The summed E-state index contributed by atoms with van der Waals surface area (Å²) in [5, 5.41) is 8.40. The second-order valence-electron chi connectivity index (χ2n) is 4.83. The van der Waals surface area contributed by atoms with Crippen LogP contribution >= 0.6 is 0 Å². The van der Waals surface area contributed by atoms with Gasteiger partial charge in [0.15, 0.2) is 5.82 Å². The Morgan fingerprint density at radius 2 is 2.20 bits per heavy atom. The molecule has 0 unspecified atom stereocenters. The van der Waals surface area contributed by atoms with Crippen LogP contribution in [0.5, 0.6) is 11.5 Å². The first kappa shape index (κ1) is 12.8. The molecule has 2 aromatic rings. The summed E-state index contributed by atoms with van der Waals surface area (Å²) in [6.45, 7) is 1.38. The molecular weight excluding hydrogens is 256 g/mol. The third kappa shape index (κ3) is 2.41. The van der Waals surface area contributed by atoms with Crippen molar-refractivity contribution < 1.29 is 9.47 Å². The van der Waals surface area contributed by atoms with Crippen molar-refractivity contribution >= 4 is 5.69 Å². The Bertz CT molecular complexity index is 609. The van der Waals surface area contributed by atoms with Gasteiger partial charge in [-0.15, -0.1) is 10.2 Å². The van der Waals surface area contributed by atoms with Gasteiger partial charge in [0.25, 0.3) is 0 Å². The average Bonchev–Trinajstić information content (AvgIpc) is 2.88. The van der Waals surface area contributed by atoms with Crippen molar-refractivity contribution in [2.75, 3.05) is 12.8 Å². The topological polar surface area (TPSA) is 75.2 Å². The highest BCUT2D eigenvalue weighted by Crippen LogP contribution is 2.26. The summed E-state index contributed by atoms with van der Waals surface area (Å²) in [5.41, 5.74) is 6.42. The number of aromatic nitrogens is 3. The lowest BCUT2D eigenvalue weighted by molar-refractivity contribution is 0.286. The van der Waals surface area contributed by atoms with Gasteiger partial charge in [0.1, 0.15) is 23.9 Å². The number of aryl methyl sites for hydroxylation is 1. The molecule has 0 aliphatic carbocycles.